The summed E-state index contributed by atoms with van der Waals surface area (Å²) < 4.78 is 40.4. The molecule has 0 saturated carbocycles. The van der Waals surface area contributed by atoms with Crippen LogP contribution in [0.5, 0.6) is 5.75 Å². The van der Waals surface area contributed by atoms with Gasteiger partial charge in [0.1, 0.15) is 23.4 Å². The van der Waals surface area contributed by atoms with Crippen LogP contribution in [-0.2, 0) is 31.2 Å². The van der Waals surface area contributed by atoms with Crippen LogP contribution in [0.2, 0.25) is 0 Å². The number of rotatable bonds is 4. The van der Waals surface area contributed by atoms with Gasteiger partial charge in [-0.3, -0.25) is 23.4 Å². The van der Waals surface area contributed by atoms with E-state index in [1.807, 2.05) is 40.7 Å². The summed E-state index contributed by atoms with van der Waals surface area (Å²) in [6, 6.07) is 1.89. The molecule has 0 aliphatic carbocycles. The van der Waals surface area contributed by atoms with Crippen LogP contribution in [-0.4, -0.2) is 22.3 Å². The van der Waals surface area contributed by atoms with Gasteiger partial charge in [-0.1, -0.05) is 61.3 Å². The molecule has 2 aliphatic heterocycles. The van der Waals surface area contributed by atoms with Crippen molar-refractivity contribution in [3.05, 3.63) is 61.2 Å². The van der Waals surface area contributed by atoms with Crippen molar-refractivity contribution < 1.29 is 22.7 Å². The van der Waals surface area contributed by atoms with Crippen molar-refractivity contribution in [1.82, 2.24) is 9.55 Å². The molecule has 1 aromatic heterocycles. The molecule has 4 rings (SSSR count). The Balaban J connectivity index is 0.00000195. The molecule has 1 aromatic carbocycles. The van der Waals surface area contributed by atoms with Crippen LogP contribution in [0.25, 0.3) is 0 Å². The van der Waals surface area contributed by atoms with Crippen LogP contribution >= 0.6 is 8.60 Å². The van der Waals surface area contributed by atoms with Gasteiger partial charge in [0, 0.05) is 11.8 Å². The Morgan fingerprint density at radius 3 is 2.42 bits per heavy atom. The Morgan fingerprint density at radius 2 is 1.82 bits per heavy atom. The highest BCUT2D eigenvalue weighted by atomic mass is 31.2. The number of halogens is 1. The van der Waals surface area contributed by atoms with Gasteiger partial charge in [-0.15, -0.1) is 6.42 Å². The molecular weight excluding hydrogens is 510 g/mol. The van der Waals surface area contributed by atoms with Crippen molar-refractivity contribution in [1.29, 1.82) is 0 Å². The molecule has 3 heterocycles. The zero-order valence-corrected chi connectivity index (χ0v) is 24.3. The molecule has 0 spiro atoms. The van der Waals surface area contributed by atoms with E-state index in [9.17, 15) is 9.59 Å². The van der Waals surface area contributed by atoms with E-state index in [1.54, 1.807) is 0 Å². The fourth-order valence-electron chi connectivity index (χ4n) is 4.28. The summed E-state index contributed by atoms with van der Waals surface area (Å²) in [5, 5.41) is 0. The van der Waals surface area contributed by atoms with E-state index < -0.39 is 26.1 Å². The highest BCUT2D eigenvalue weighted by molar-refractivity contribution is 7.42. The Labute approximate surface area is 224 Å². The number of nitrogens with one attached hydrogen (secondary N) is 1. The third kappa shape index (κ3) is 6.38. The molecule has 2 aromatic rings. The van der Waals surface area contributed by atoms with E-state index in [2.05, 4.69) is 31.7 Å². The van der Waals surface area contributed by atoms with E-state index in [1.165, 1.54) is 10.8 Å². The average Bonchev–Trinajstić information content (AvgIpc) is 3.31. The maximum absolute atomic E-state index is 15.4. The standard InChI is InChI=1S/C26H32FN2O6P.C2H6/c1-8-15-12-29(24(31)28-23(15)30)20-10-9-16(34-20)13-32-36-33-14-17-21(27)18(25(2,3)4)11-19(22(17)35-36)26(5,6)7;1-2/h1,11-12,16,20H,9-10,13-14H2,2-7H3,(H,28,30,31);1-2H3. The second-order valence-electron chi connectivity index (χ2n) is 11.1. The van der Waals surface area contributed by atoms with Gasteiger partial charge in [0.2, 0.25) is 0 Å². The van der Waals surface area contributed by atoms with Crippen molar-refractivity contribution >= 4 is 8.60 Å². The van der Waals surface area contributed by atoms with Gasteiger partial charge < -0.3 is 9.26 Å². The smallest absolute Gasteiger partial charge is 0.397 e. The number of ether oxygens (including phenoxy) is 1. The van der Waals surface area contributed by atoms with Gasteiger partial charge in [0.25, 0.3) is 5.56 Å². The summed E-state index contributed by atoms with van der Waals surface area (Å²) in [5.74, 6) is 2.44. The summed E-state index contributed by atoms with van der Waals surface area (Å²) in [4.78, 5) is 26.1. The number of benzene rings is 1. The van der Waals surface area contributed by atoms with Crippen molar-refractivity contribution in [2.75, 3.05) is 6.61 Å². The Morgan fingerprint density at radius 1 is 1.16 bits per heavy atom. The maximum Gasteiger partial charge on any atom is 0.397 e. The van der Waals surface area contributed by atoms with Crippen molar-refractivity contribution in [2.45, 2.75) is 98.0 Å². The summed E-state index contributed by atoms with van der Waals surface area (Å²) in [6.45, 7) is 16.3. The first kappa shape index (κ1) is 30.0. The van der Waals surface area contributed by atoms with Crippen LogP contribution in [0.1, 0.15) is 96.7 Å². The summed E-state index contributed by atoms with van der Waals surface area (Å²) in [6.07, 6.45) is 6.94. The number of hydrogen-bond donors (Lipinski definition) is 1. The zero-order chi connectivity index (χ0) is 28.4. The second-order valence-corrected chi connectivity index (χ2v) is 12.3. The molecule has 2 aliphatic rings. The molecule has 3 atom stereocenters. The number of fused-ring (bicyclic) bond motifs is 1. The van der Waals surface area contributed by atoms with Crippen LogP contribution in [0.15, 0.2) is 21.9 Å². The third-order valence-electron chi connectivity index (χ3n) is 6.29. The fraction of sp³-hybridized carbons (Fsp3) is 0.571. The molecule has 0 bridgehead atoms. The molecule has 1 saturated heterocycles. The predicted octanol–water partition coefficient (Wildman–Crippen LogP) is 5.81. The van der Waals surface area contributed by atoms with Crippen LogP contribution in [0.4, 0.5) is 4.39 Å². The largest absolute Gasteiger partial charge is 0.426 e. The topological polar surface area (TPSA) is 91.8 Å². The fourth-order valence-corrected chi connectivity index (χ4v) is 5.34. The van der Waals surface area contributed by atoms with Gasteiger partial charge in [-0.25, -0.2) is 9.18 Å². The Bertz CT molecular complexity index is 1320. The van der Waals surface area contributed by atoms with Gasteiger partial charge >= 0.3 is 14.3 Å². The molecule has 208 valence electrons. The molecule has 3 unspecified atom stereocenters. The lowest BCUT2D eigenvalue weighted by Crippen LogP contribution is -2.33. The van der Waals surface area contributed by atoms with Crippen molar-refractivity contribution in [3.8, 4) is 18.1 Å². The first-order valence-electron chi connectivity index (χ1n) is 12.9. The maximum atomic E-state index is 15.4. The van der Waals surface area contributed by atoms with Crippen molar-refractivity contribution in [3.63, 3.8) is 0 Å². The number of nitrogens with zero attached hydrogens (tertiary/aromatic N) is 1. The highest BCUT2D eigenvalue weighted by Gasteiger charge is 2.36. The number of hydrogen-bond acceptors (Lipinski definition) is 6. The minimum Gasteiger partial charge on any atom is -0.426 e. The molecule has 1 N–H and O–H groups in total. The minimum absolute atomic E-state index is 0.0512. The molecule has 0 radical (unpaired) electrons. The van der Waals surface area contributed by atoms with Gasteiger partial charge in [0.15, 0.2) is 0 Å². The molecular formula is C28H38FN2O6P. The number of aromatic amines is 1. The predicted molar refractivity (Wildman–Crippen MR) is 146 cm³/mol. The summed E-state index contributed by atoms with van der Waals surface area (Å²) in [5.41, 5.74) is 0.156. The number of aromatic nitrogens is 2. The molecule has 1 fully saturated rings. The zero-order valence-electron chi connectivity index (χ0n) is 23.4. The average molecular weight is 549 g/mol. The first-order valence-corrected chi connectivity index (χ1v) is 14.0. The van der Waals surface area contributed by atoms with E-state index in [0.717, 1.165) is 5.56 Å². The Hall–Kier alpha value is -2.50. The lowest BCUT2D eigenvalue weighted by molar-refractivity contribution is -0.0230. The highest BCUT2D eigenvalue weighted by Crippen LogP contribution is 2.52. The number of terminal acetylenes is 1. The minimum atomic E-state index is -1.76. The lowest BCUT2D eigenvalue weighted by Gasteiger charge is -2.33. The molecule has 10 heteroatoms. The van der Waals surface area contributed by atoms with Gasteiger partial charge in [0.05, 0.1) is 24.9 Å². The normalized spacial score (nSPS) is 21.1. The second kappa shape index (κ2) is 11.7. The van der Waals surface area contributed by atoms with Gasteiger partial charge in [-0.2, -0.15) is 0 Å². The van der Waals surface area contributed by atoms with E-state index in [-0.39, 0.29) is 41.5 Å². The van der Waals surface area contributed by atoms with Crippen LogP contribution in [0.3, 0.4) is 0 Å². The van der Waals surface area contributed by atoms with Gasteiger partial charge in [-0.05, 0) is 35.3 Å². The van der Waals surface area contributed by atoms with E-state index >= 15 is 4.39 Å². The molecule has 0 amide bonds. The van der Waals surface area contributed by atoms with E-state index in [0.29, 0.717) is 29.7 Å². The van der Waals surface area contributed by atoms with Crippen LogP contribution in [0, 0.1) is 18.2 Å². The van der Waals surface area contributed by atoms with Crippen LogP contribution < -0.4 is 15.8 Å². The first-order chi connectivity index (χ1) is 17.8. The monoisotopic (exact) mass is 548 g/mol. The van der Waals surface area contributed by atoms with Crippen molar-refractivity contribution in [2.24, 2.45) is 0 Å². The lowest BCUT2D eigenvalue weighted by atomic mass is 9.78. The SMILES string of the molecule is C#Cc1cn(C2CCC(COP3OCc4c(F)c(C(C)(C)C)cc(C(C)(C)C)c4O3)O2)c(=O)[nH]c1=O.CC. The molecule has 38 heavy (non-hydrogen) atoms. The summed E-state index contributed by atoms with van der Waals surface area (Å²) >= 11 is 0. The van der Waals surface area contributed by atoms with E-state index in [4.69, 9.17) is 24.7 Å². The Kier molecular flexibility index (Phi) is 9.26. The summed E-state index contributed by atoms with van der Waals surface area (Å²) in [7, 11) is -1.76. The number of H-pyrrole nitrogens is 1. The quantitative estimate of drug-likeness (QED) is 0.383. The third-order valence-corrected chi connectivity index (χ3v) is 7.32. The molecule has 8 nitrogen and oxygen atoms in total.